The number of halogens is 1. The van der Waals surface area contributed by atoms with Crippen LogP contribution in [0.5, 0.6) is 0 Å². The lowest BCUT2D eigenvalue weighted by molar-refractivity contribution is 0.0515. The molecule has 0 aliphatic carbocycles. The summed E-state index contributed by atoms with van der Waals surface area (Å²) in [6.45, 7) is 8.53. The Labute approximate surface area is 112 Å². The molecular formula is C13H21BrN2O. The number of aromatic nitrogens is 1. The first-order valence-electron chi connectivity index (χ1n) is 5.89. The fraction of sp³-hybridized carbons (Fsp3) is 0.615. The first-order valence-corrected chi connectivity index (χ1v) is 6.69. The molecule has 0 aliphatic heterocycles. The van der Waals surface area contributed by atoms with Crippen LogP contribution in [0.1, 0.15) is 32.9 Å². The average Bonchev–Trinajstić information content (AvgIpc) is 2.18. The van der Waals surface area contributed by atoms with Gasteiger partial charge >= 0.3 is 0 Å². The number of aliphatic hydroxyl groups is 1. The first-order chi connectivity index (χ1) is 7.80. The smallest absolute Gasteiger partial charge is 0.126 e. The molecule has 0 saturated heterocycles. The van der Waals surface area contributed by atoms with E-state index in [0.29, 0.717) is 12.5 Å². The maximum Gasteiger partial charge on any atom is 0.126 e. The van der Waals surface area contributed by atoms with Crippen LogP contribution in [0.4, 0.5) is 5.82 Å². The Bertz CT molecular complexity index is 378. The molecule has 0 fully saturated rings. The van der Waals surface area contributed by atoms with Crippen molar-refractivity contribution in [2.24, 2.45) is 5.92 Å². The second-order valence-electron chi connectivity index (χ2n) is 5.21. The Hall–Kier alpha value is -0.610. The lowest BCUT2D eigenvalue weighted by Gasteiger charge is -2.25. The van der Waals surface area contributed by atoms with E-state index < -0.39 is 5.60 Å². The molecule has 0 radical (unpaired) electrons. The molecule has 2 N–H and O–H groups in total. The highest BCUT2D eigenvalue weighted by Crippen LogP contribution is 2.19. The Morgan fingerprint density at radius 1 is 1.47 bits per heavy atom. The van der Waals surface area contributed by atoms with Gasteiger partial charge in [0.2, 0.25) is 0 Å². The molecule has 4 heteroatoms. The van der Waals surface area contributed by atoms with Crippen molar-refractivity contribution in [2.45, 2.75) is 39.7 Å². The summed E-state index contributed by atoms with van der Waals surface area (Å²) in [5.41, 5.74) is 0.245. The van der Waals surface area contributed by atoms with Crippen molar-refractivity contribution in [2.75, 3.05) is 11.9 Å². The van der Waals surface area contributed by atoms with E-state index in [4.69, 9.17) is 0 Å². The van der Waals surface area contributed by atoms with Gasteiger partial charge in [0.25, 0.3) is 0 Å². The Morgan fingerprint density at radius 2 is 2.12 bits per heavy atom. The molecule has 0 amide bonds. The van der Waals surface area contributed by atoms with Crippen LogP contribution in [0.3, 0.4) is 0 Å². The third-order valence-corrected chi connectivity index (χ3v) is 3.36. The van der Waals surface area contributed by atoms with Crippen molar-refractivity contribution in [3.05, 3.63) is 22.3 Å². The van der Waals surface area contributed by atoms with Crippen LogP contribution in [0.15, 0.2) is 16.6 Å². The second-order valence-corrected chi connectivity index (χ2v) is 6.07. The summed E-state index contributed by atoms with van der Waals surface area (Å²) in [4.78, 5) is 4.39. The predicted octanol–water partition coefficient (Wildman–Crippen LogP) is 3.36. The first kappa shape index (κ1) is 14.5. The minimum absolute atomic E-state index is 0.478. The molecule has 1 rings (SSSR count). The van der Waals surface area contributed by atoms with Crippen LogP contribution < -0.4 is 5.32 Å². The van der Waals surface area contributed by atoms with E-state index in [2.05, 4.69) is 40.1 Å². The minimum atomic E-state index is -0.698. The third kappa shape index (κ3) is 5.04. The fourth-order valence-corrected chi connectivity index (χ4v) is 2.10. The van der Waals surface area contributed by atoms with Gasteiger partial charge in [0.05, 0.1) is 11.3 Å². The summed E-state index contributed by atoms with van der Waals surface area (Å²) in [6.07, 6.45) is 0.773. The molecular weight excluding hydrogens is 280 g/mol. The number of pyridine rings is 1. The fourth-order valence-electron chi connectivity index (χ4n) is 1.88. The summed E-state index contributed by atoms with van der Waals surface area (Å²) < 4.78 is 0.997. The van der Waals surface area contributed by atoms with E-state index in [1.54, 1.807) is 0 Å². The SMILES string of the molecule is Cc1nc(NCC(C)(O)CC(C)C)ccc1Br. The van der Waals surface area contributed by atoms with Gasteiger partial charge in [-0.1, -0.05) is 13.8 Å². The molecule has 0 aromatic carbocycles. The third-order valence-electron chi connectivity index (χ3n) is 2.52. The maximum absolute atomic E-state index is 10.2. The summed E-state index contributed by atoms with van der Waals surface area (Å²) in [5, 5.41) is 13.3. The summed E-state index contributed by atoms with van der Waals surface area (Å²) in [5.74, 6) is 1.28. The molecule has 0 bridgehead atoms. The van der Waals surface area contributed by atoms with Crippen molar-refractivity contribution in [3.8, 4) is 0 Å². The van der Waals surface area contributed by atoms with Gasteiger partial charge in [-0.2, -0.15) is 0 Å². The van der Waals surface area contributed by atoms with E-state index in [0.717, 1.165) is 22.4 Å². The van der Waals surface area contributed by atoms with Crippen LogP contribution in [0, 0.1) is 12.8 Å². The number of rotatable bonds is 5. The van der Waals surface area contributed by atoms with Gasteiger partial charge in [-0.25, -0.2) is 4.98 Å². The highest BCUT2D eigenvalue weighted by Gasteiger charge is 2.21. The minimum Gasteiger partial charge on any atom is -0.388 e. The van der Waals surface area contributed by atoms with Gasteiger partial charge in [-0.15, -0.1) is 0 Å². The lowest BCUT2D eigenvalue weighted by atomic mass is 9.94. The summed E-state index contributed by atoms with van der Waals surface area (Å²) in [6, 6.07) is 3.87. The van der Waals surface area contributed by atoms with Crippen molar-refractivity contribution >= 4 is 21.7 Å². The normalized spacial score (nSPS) is 14.8. The predicted molar refractivity (Wildman–Crippen MR) is 75.2 cm³/mol. The van der Waals surface area contributed by atoms with Crippen LogP contribution in [0.25, 0.3) is 0 Å². The zero-order valence-corrected chi connectivity index (χ0v) is 12.5. The van der Waals surface area contributed by atoms with Crippen molar-refractivity contribution in [3.63, 3.8) is 0 Å². The average molecular weight is 301 g/mol. The van der Waals surface area contributed by atoms with Crippen LogP contribution >= 0.6 is 15.9 Å². The highest BCUT2D eigenvalue weighted by molar-refractivity contribution is 9.10. The Kier molecular flexibility index (Phi) is 4.95. The number of hydrogen-bond acceptors (Lipinski definition) is 3. The number of nitrogens with one attached hydrogen (secondary N) is 1. The van der Waals surface area contributed by atoms with Crippen LogP contribution in [0.2, 0.25) is 0 Å². The number of anilines is 1. The lowest BCUT2D eigenvalue weighted by Crippen LogP contribution is -2.35. The van der Waals surface area contributed by atoms with Crippen LogP contribution in [-0.2, 0) is 0 Å². The molecule has 1 atom stereocenters. The van der Waals surface area contributed by atoms with E-state index in [1.165, 1.54) is 0 Å². The second kappa shape index (κ2) is 5.83. The van der Waals surface area contributed by atoms with Crippen molar-refractivity contribution in [1.82, 2.24) is 4.98 Å². The molecule has 1 aromatic heterocycles. The summed E-state index contributed by atoms with van der Waals surface area (Å²) in [7, 11) is 0. The number of aryl methyl sites for hydroxylation is 1. The molecule has 0 aliphatic rings. The number of nitrogens with zero attached hydrogens (tertiary/aromatic N) is 1. The topological polar surface area (TPSA) is 45.2 Å². The molecule has 1 unspecified atom stereocenters. The van der Waals surface area contributed by atoms with Crippen molar-refractivity contribution in [1.29, 1.82) is 0 Å². The Morgan fingerprint density at radius 3 is 2.65 bits per heavy atom. The van der Waals surface area contributed by atoms with E-state index >= 15 is 0 Å². The van der Waals surface area contributed by atoms with Crippen LogP contribution in [-0.4, -0.2) is 22.2 Å². The molecule has 1 aromatic rings. The quantitative estimate of drug-likeness (QED) is 0.876. The molecule has 1 heterocycles. The molecule has 3 nitrogen and oxygen atoms in total. The zero-order chi connectivity index (χ0) is 13.1. The van der Waals surface area contributed by atoms with Gasteiger partial charge in [0, 0.05) is 11.0 Å². The maximum atomic E-state index is 10.2. The molecule has 96 valence electrons. The number of hydrogen-bond donors (Lipinski definition) is 2. The summed E-state index contributed by atoms with van der Waals surface area (Å²) >= 11 is 3.41. The Balaban J connectivity index is 2.58. The standard InChI is InChI=1S/C13H21BrN2O/c1-9(2)7-13(4,17)8-15-12-6-5-11(14)10(3)16-12/h5-6,9,17H,7-8H2,1-4H3,(H,15,16). The van der Waals surface area contributed by atoms with Gasteiger partial charge in [-0.3, -0.25) is 0 Å². The zero-order valence-electron chi connectivity index (χ0n) is 10.9. The highest BCUT2D eigenvalue weighted by atomic mass is 79.9. The van der Waals surface area contributed by atoms with Crippen molar-refractivity contribution < 1.29 is 5.11 Å². The van der Waals surface area contributed by atoms with Gasteiger partial charge in [0.1, 0.15) is 5.82 Å². The van der Waals surface area contributed by atoms with Gasteiger partial charge in [0.15, 0.2) is 0 Å². The van der Waals surface area contributed by atoms with E-state index in [-0.39, 0.29) is 0 Å². The largest absolute Gasteiger partial charge is 0.388 e. The van der Waals surface area contributed by atoms with E-state index in [9.17, 15) is 5.11 Å². The molecule has 0 saturated carbocycles. The van der Waals surface area contributed by atoms with Gasteiger partial charge in [-0.05, 0) is 54.2 Å². The molecule has 17 heavy (non-hydrogen) atoms. The van der Waals surface area contributed by atoms with Gasteiger partial charge < -0.3 is 10.4 Å². The van der Waals surface area contributed by atoms with E-state index in [1.807, 2.05) is 26.0 Å². The molecule has 0 spiro atoms. The monoisotopic (exact) mass is 300 g/mol.